The van der Waals surface area contributed by atoms with Gasteiger partial charge in [-0.15, -0.1) is 6.42 Å². The summed E-state index contributed by atoms with van der Waals surface area (Å²) in [6.07, 6.45) is 10.6. The monoisotopic (exact) mass is 515 g/mol. The molecule has 1 aliphatic heterocycles. The molecule has 1 aliphatic carbocycles. The number of aromatic nitrogens is 2. The van der Waals surface area contributed by atoms with Crippen molar-refractivity contribution >= 4 is 28.4 Å². The highest BCUT2D eigenvalue weighted by Gasteiger charge is 2.30. The van der Waals surface area contributed by atoms with Crippen LogP contribution in [0.1, 0.15) is 31.2 Å². The number of rotatable bonds is 6. The highest BCUT2D eigenvalue weighted by Crippen LogP contribution is 2.37. The highest BCUT2D eigenvalue weighted by atomic mass is 16.5. The van der Waals surface area contributed by atoms with Crippen molar-refractivity contribution in [3.05, 3.63) is 48.3 Å². The normalized spacial score (nSPS) is 19.4. The SMILES string of the molecule is C#Cc1cccc(Nc2ncnc3cc(OC)c(OC4CCC(N(C)C(=O)N5CCOCC5)CC4)cc23)c1. The summed E-state index contributed by atoms with van der Waals surface area (Å²) < 4.78 is 17.5. The molecule has 0 unspecified atom stereocenters. The van der Waals surface area contributed by atoms with Gasteiger partial charge in [0.2, 0.25) is 0 Å². The molecule has 2 fully saturated rings. The predicted octanol–water partition coefficient (Wildman–Crippen LogP) is 4.44. The van der Waals surface area contributed by atoms with Crippen LogP contribution in [0.4, 0.5) is 16.3 Å². The van der Waals surface area contributed by atoms with Gasteiger partial charge in [-0.25, -0.2) is 14.8 Å². The van der Waals surface area contributed by atoms with Crippen molar-refractivity contribution in [2.45, 2.75) is 37.8 Å². The summed E-state index contributed by atoms with van der Waals surface area (Å²) in [6.45, 7) is 2.51. The fraction of sp³-hybridized carbons (Fsp3) is 0.414. The molecule has 1 aromatic heterocycles. The number of nitrogens with zero attached hydrogens (tertiary/aromatic N) is 4. The van der Waals surface area contributed by atoms with Gasteiger partial charge in [0, 0.05) is 48.9 Å². The number of nitrogens with one attached hydrogen (secondary N) is 1. The first-order valence-corrected chi connectivity index (χ1v) is 13.0. The maximum absolute atomic E-state index is 12.9. The summed E-state index contributed by atoms with van der Waals surface area (Å²) >= 11 is 0. The number of urea groups is 1. The second kappa shape index (κ2) is 11.6. The minimum Gasteiger partial charge on any atom is -0.493 e. The van der Waals surface area contributed by atoms with Gasteiger partial charge in [0.25, 0.3) is 0 Å². The molecule has 2 aliphatic rings. The Morgan fingerprint density at radius 2 is 1.92 bits per heavy atom. The van der Waals surface area contributed by atoms with E-state index in [9.17, 15) is 4.79 Å². The minimum atomic E-state index is 0.0258. The number of hydrogen-bond acceptors (Lipinski definition) is 7. The fourth-order valence-corrected chi connectivity index (χ4v) is 5.10. The average Bonchev–Trinajstić information content (AvgIpc) is 2.97. The first-order chi connectivity index (χ1) is 18.6. The zero-order chi connectivity index (χ0) is 26.5. The summed E-state index contributed by atoms with van der Waals surface area (Å²) in [6, 6.07) is 11.7. The van der Waals surface area contributed by atoms with Gasteiger partial charge >= 0.3 is 6.03 Å². The van der Waals surface area contributed by atoms with Gasteiger partial charge in [-0.1, -0.05) is 12.0 Å². The van der Waals surface area contributed by atoms with Crippen LogP contribution < -0.4 is 14.8 Å². The number of anilines is 2. The molecule has 2 amide bonds. The van der Waals surface area contributed by atoms with E-state index in [2.05, 4.69) is 21.2 Å². The lowest BCUT2D eigenvalue weighted by Gasteiger charge is -2.38. The lowest BCUT2D eigenvalue weighted by molar-refractivity contribution is 0.0369. The van der Waals surface area contributed by atoms with Crippen LogP contribution in [0.3, 0.4) is 0 Å². The molecule has 5 rings (SSSR count). The van der Waals surface area contributed by atoms with Gasteiger partial charge in [0.1, 0.15) is 12.1 Å². The van der Waals surface area contributed by atoms with Gasteiger partial charge in [-0.3, -0.25) is 0 Å². The van der Waals surface area contributed by atoms with Gasteiger partial charge in [-0.05, 0) is 49.9 Å². The van der Waals surface area contributed by atoms with Crippen molar-refractivity contribution < 1.29 is 19.0 Å². The molecule has 38 heavy (non-hydrogen) atoms. The van der Waals surface area contributed by atoms with Crippen molar-refractivity contribution in [3.63, 3.8) is 0 Å². The van der Waals surface area contributed by atoms with Crippen LogP contribution in [0.25, 0.3) is 10.9 Å². The van der Waals surface area contributed by atoms with E-state index in [0.717, 1.165) is 47.8 Å². The fourth-order valence-electron chi connectivity index (χ4n) is 5.10. The van der Waals surface area contributed by atoms with Crippen molar-refractivity contribution in [3.8, 4) is 23.8 Å². The van der Waals surface area contributed by atoms with E-state index in [1.807, 2.05) is 53.2 Å². The number of amides is 2. The van der Waals surface area contributed by atoms with Crippen LogP contribution in [-0.4, -0.2) is 78.4 Å². The molecule has 198 valence electrons. The summed E-state index contributed by atoms with van der Waals surface area (Å²) in [5.41, 5.74) is 2.37. The number of carbonyl (C=O) groups excluding carboxylic acids is 1. The molecular formula is C29H33N5O4. The third-order valence-electron chi connectivity index (χ3n) is 7.28. The van der Waals surface area contributed by atoms with E-state index in [0.29, 0.717) is 43.6 Å². The summed E-state index contributed by atoms with van der Waals surface area (Å²) in [7, 11) is 3.53. The van der Waals surface area contributed by atoms with E-state index in [4.69, 9.17) is 20.6 Å². The lowest BCUT2D eigenvalue weighted by atomic mass is 9.92. The molecule has 9 nitrogen and oxygen atoms in total. The third kappa shape index (κ3) is 5.60. The Balaban J connectivity index is 1.29. The van der Waals surface area contributed by atoms with Crippen molar-refractivity contribution in [2.24, 2.45) is 0 Å². The van der Waals surface area contributed by atoms with Crippen molar-refractivity contribution in [1.82, 2.24) is 19.8 Å². The zero-order valence-electron chi connectivity index (χ0n) is 21.9. The standard InChI is InChI=1S/C29H33N5O4/c1-4-20-6-5-7-21(16-20)32-28-24-17-27(26(36-3)18-25(24)30-19-31-28)38-23-10-8-22(9-11-23)33(2)29(35)34-12-14-37-15-13-34/h1,5-7,16-19,22-23H,8-15H2,2-3H3,(H,30,31,32). The number of ether oxygens (including phenoxy) is 3. The molecule has 0 bridgehead atoms. The number of terminal acetylenes is 1. The second-order valence-corrected chi connectivity index (χ2v) is 9.63. The minimum absolute atomic E-state index is 0.0258. The molecule has 0 spiro atoms. The van der Waals surface area contributed by atoms with E-state index in [-0.39, 0.29) is 18.2 Å². The average molecular weight is 516 g/mol. The molecule has 1 saturated carbocycles. The maximum atomic E-state index is 12.9. The summed E-state index contributed by atoms with van der Waals surface area (Å²) in [5, 5.41) is 4.17. The molecule has 2 heterocycles. The maximum Gasteiger partial charge on any atom is 0.320 e. The van der Waals surface area contributed by atoms with Gasteiger partial charge < -0.3 is 29.3 Å². The van der Waals surface area contributed by atoms with Gasteiger partial charge in [0.05, 0.1) is 31.9 Å². The van der Waals surface area contributed by atoms with E-state index >= 15 is 0 Å². The predicted molar refractivity (Wildman–Crippen MR) is 146 cm³/mol. The Bertz CT molecular complexity index is 1330. The topological polar surface area (TPSA) is 89.1 Å². The largest absolute Gasteiger partial charge is 0.493 e. The third-order valence-corrected chi connectivity index (χ3v) is 7.28. The summed E-state index contributed by atoms with van der Waals surface area (Å²) in [4.78, 5) is 25.6. The Labute approximate surface area is 223 Å². The Kier molecular flexibility index (Phi) is 7.80. The number of benzene rings is 2. The molecule has 0 radical (unpaired) electrons. The number of morpholine rings is 1. The van der Waals surface area contributed by atoms with Crippen LogP contribution in [0.2, 0.25) is 0 Å². The number of methoxy groups -OCH3 is 1. The first-order valence-electron chi connectivity index (χ1n) is 13.0. The van der Waals surface area contributed by atoms with E-state index < -0.39 is 0 Å². The molecule has 9 heteroatoms. The van der Waals surface area contributed by atoms with Crippen LogP contribution in [0.5, 0.6) is 11.5 Å². The van der Waals surface area contributed by atoms with E-state index in [1.54, 1.807) is 7.11 Å². The van der Waals surface area contributed by atoms with Crippen LogP contribution >= 0.6 is 0 Å². The quantitative estimate of drug-likeness (QED) is 0.486. The number of hydrogen-bond donors (Lipinski definition) is 1. The van der Waals surface area contributed by atoms with Crippen molar-refractivity contribution in [2.75, 3.05) is 45.8 Å². The highest BCUT2D eigenvalue weighted by molar-refractivity contribution is 5.93. The molecule has 2 aromatic carbocycles. The van der Waals surface area contributed by atoms with Gasteiger partial charge in [0.15, 0.2) is 11.5 Å². The molecule has 1 saturated heterocycles. The van der Waals surface area contributed by atoms with Crippen molar-refractivity contribution in [1.29, 1.82) is 0 Å². The molecule has 1 N–H and O–H groups in total. The Hall–Kier alpha value is -4.03. The number of carbonyl (C=O) groups is 1. The lowest BCUT2D eigenvalue weighted by Crippen LogP contribution is -2.51. The summed E-state index contributed by atoms with van der Waals surface area (Å²) in [5.74, 6) is 4.58. The van der Waals surface area contributed by atoms with Crippen LogP contribution in [-0.2, 0) is 4.74 Å². The van der Waals surface area contributed by atoms with Crippen LogP contribution in [0, 0.1) is 12.3 Å². The second-order valence-electron chi connectivity index (χ2n) is 9.63. The Morgan fingerprint density at radius 3 is 2.66 bits per heavy atom. The molecule has 3 aromatic rings. The van der Waals surface area contributed by atoms with Gasteiger partial charge in [-0.2, -0.15) is 0 Å². The zero-order valence-corrected chi connectivity index (χ0v) is 21.9. The van der Waals surface area contributed by atoms with Crippen LogP contribution in [0.15, 0.2) is 42.7 Å². The Morgan fingerprint density at radius 1 is 1.13 bits per heavy atom. The number of fused-ring (bicyclic) bond motifs is 1. The first kappa shape index (κ1) is 25.6. The molecular weight excluding hydrogens is 482 g/mol. The smallest absolute Gasteiger partial charge is 0.320 e. The van der Waals surface area contributed by atoms with E-state index in [1.165, 1.54) is 6.33 Å². The molecule has 0 atom stereocenters.